The van der Waals surface area contributed by atoms with Crippen LogP contribution >= 0.6 is 0 Å². The van der Waals surface area contributed by atoms with Crippen molar-refractivity contribution in [2.45, 2.75) is 12.8 Å². The highest BCUT2D eigenvalue weighted by atomic mass is 16.2. The molecule has 1 saturated heterocycles. The lowest BCUT2D eigenvalue weighted by atomic mass is 10.2. The van der Waals surface area contributed by atoms with Gasteiger partial charge in [0.05, 0.1) is 11.6 Å². The molecule has 0 atom stereocenters. The van der Waals surface area contributed by atoms with Crippen LogP contribution in [0.1, 0.15) is 28.8 Å². The third-order valence-corrected chi connectivity index (χ3v) is 4.85. The standard InChI is InChI=1S/C22H24N4O2/c23-17-18-7-9-20(10-8-18)24-21(27)11-14-25-12-4-13-26(16-15-25)22(28)19-5-2-1-3-6-19/h1-3,5-10H,4,11-16H2,(H,24,27). The molecule has 3 rings (SSSR count). The molecule has 0 aromatic heterocycles. The summed E-state index contributed by atoms with van der Waals surface area (Å²) in [6.45, 7) is 3.72. The molecule has 28 heavy (non-hydrogen) atoms. The van der Waals surface area contributed by atoms with E-state index in [1.54, 1.807) is 24.3 Å². The normalized spacial score (nSPS) is 14.8. The van der Waals surface area contributed by atoms with Crippen molar-refractivity contribution in [2.75, 3.05) is 38.0 Å². The van der Waals surface area contributed by atoms with Gasteiger partial charge in [0.2, 0.25) is 5.91 Å². The Morgan fingerprint density at radius 2 is 1.71 bits per heavy atom. The number of hydrogen-bond donors (Lipinski definition) is 1. The van der Waals surface area contributed by atoms with Crippen molar-refractivity contribution in [1.82, 2.24) is 9.80 Å². The average molecular weight is 376 g/mol. The average Bonchev–Trinajstić information content (AvgIpc) is 2.98. The van der Waals surface area contributed by atoms with Gasteiger partial charge in [0, 0.05) is 43.9 Å². The zero-order valence-corrected chi connectivity index (χ0v) is 15.8. The minimum atomic E-state index is -0.0498. The molecular formula is C22H24N4O2. The minimum Gasteiger partial charge on any atom is -0.337 e. The fourth-order valence-corrected chi connectivity index (χ4v) is 3.27. The number of hydrogen-bond acceptors (Lipinski definition) is 4. The molecule has 0 unspecified atom stereocenters. The summed E-state index contributed by atoms with van der Waals surface area (Å²) in [5.74, 6) is 0.0205. The van der Waals surface area contributed by atoms with Crippen LogP contribution in [0.25, 0.3) is 0 Å². The smallest absolute Gasteiger partial charge is 0.253 e. The van der Waals surface area contributed by atoms with Crippen molar-refractivity contribution in [3.8, 4) is 6.07 Å². The first kappa shape index (κ1) is 19.6. The maximum Gasteiger partial charge on any atom is 0.253 e. The summed E-state index contributed by atoms with van der Waals surface area (Å²) in [4.78, 5) is 28.9. The summed E-state index contributed by atoms with van der Waals surface area (Å²) in [5.41, 5.74) is 1.98. The molecule has 6 heteroatoms. The van der Waals surface area contributed by atoms with Gasteiger partial charge < -0.3 is 15.1 Å². The molecule has 1 aliphatic rings. The molecule has 1 aliphatic heterocycles. The fraction of sp³-hybridized carbons (Fsp3) is 0.318. The van der Waals surface area contributed by atoms with Crippen LogP contribution in [0.2, 0.25) is 0 Å². The Kier molecular flexibility index (Phi) is 6.77. The molecule has 0 bridgehead atoms. The molecule has 144 valence electrons. The number of nitrogens with zero attached hydrogens (tertiary/aromatic N) is 3. The van der Waals surface area contributed by atoms with Gasteiger partial charge in [-0.1, -0.05) is 18.2 Å². The first-order chi connectivity index (χ1) is 13.7. The van der Waals surface area contributed by atoms with Crippen LogP contribution in [-0.4, -0.2) is 54.3 Å². The highest BCUT2D eigenvalue weighted by molar-refractivity contribution is 5.94. The highest BCUT2D eigenvalue weighted by Crippen LogP contribution is 2.11. The Morgan fingerprint density at radius 3 is 2.43 bits per heavy atom. The zero-order valence-electron chi connectivity index (χ0n) is 15.8. The first-order valence-corrected chi connectivity index (χ1v) is 9.52. The molecule has 0 aliphatic carbocycles. The SMILES string of the molecule is N#Cc1ccc(NC(=O)CCN2CCCN(C(=O)c3ccccc3)CC2)cc1. The van der Waals surface area contributed by atoms with E-state index >= 15 is 0 Å². The second-order valence-electron chi connectivity index (χ2n) is 6.84. The summed E-state index contributed by atoms with van der Waals surface area (Å²) in [5, 5.41) is 11.7. The van der Waals surface area contributed by atoms with E-state index in [0.717, 1.165) is 31.6 Å². The van der Waals surface area contributed by atoms with Gasteiger partial charge in [-0.25, -0.2) is 0 Å². The van der Waals surface area contributed by atoms with Crippen molar-refractivity contribution in [3.05, 3.63) is 65.7 Å². The molecule has 2 aromatic carbocycles. The van der Waals surface area contributed by atoms with Crippen molar-refractivity contribution < 1.29 is 9.59 Å². The number of anilines is 1. The molecule has 0 saturated carbocycles. The number of nitriles is 1. The van der Waals surface area contributed by atoms with Crippen LogP contribution in [0.15, 0.2) is 54.6 Å². The van der Waals surface area contributed by atoms with Gasteiger partial charge >= 0.3 is 0 Å². The molecule has 2 aromatic rings. The second-order valence-corrected chi connectivity index (χ2v) is 6.84. The van der Waals surface area contributed by atoms with Crippen LogP contribution < -0.4 is 5.32 Å². The summed E-state index contributed by atoms with van der Waals surface area (Å²) >= 11 is 0. The summed E-state index contributed by atoms with van der Waals surface area (Å²) in [6.07, 6.45) is 1.29. The third-order valence-electron chi connectivity index (χ3n) is 4.85. The van der Waals surface area contributed by atoms with Gasteiger partial charge in [-0.2, -0.15) is 5.26 Å². The molecule has 1 heterocycles. The number of benzene rings is 2. The molecule has 1 fully saturated rings. The summed E-state index contributed by atoms with van der Waals surface area (Å²) in [7, 11) is 0. The molecule has 0 spiro atoms. The second kappa shape index (κ2) is 9.67. The predicted molar refractivity (Wildman–Crippen MR) is 108 cm³/mol. The quantitative estimate of drug-likeness (QED) is 0.871. The van der Waals surface area contributed by atoms with Crippen LogP contribution in [0.4, 0.5) is 5.69 Å². The van der Waals surface area contributed by atoms with E-state index in [9.17, 15) is 9.59 Å². The van der Waals surface area contributed by atoms with Crippen LogP contribution in [-0.2, 0) is 4.79 Å². The predicted octanol–water partition coefficient (Wildman–Crippen LogP) is 2.73. The fourth-order valence-electron chi connectivity index (χ4n) is 3.27. The first-order valence-electron chi connectivity index (χ1n) is 9.52. The third kappa shape index (κ3) is 5.41. The monoisotopic (exact) mass is 376 g/mol. The number of carbonyl (C=O) groups is 2. The van der Waals surface area contributed by atoms with Crippen molar-refractivity contribution in [3.63, 3.8) is 0 Å². The maximum atomic E-state index is 12.6. The summed E-state index contributed by atoms with van der Waals surface area (Å²) < 4.78 is 0. The Morgan fingerprint density at radius 1 is 0.964 bits per heavy atom. The van der Waals surface area contributed by atoms with Gasteiger partial charge in [0.1, 0.15) is 0 Å². The van der Waals surface area contributed by atoms with E-state index in [-0.39, 0.29) is 11.8 Å². The van der Waals surface area contributed by atoms with E-state index in [1.807, 2.05) is 35.2 Å². The van der Waals surface area contributed by atoms with E-state index in [2.05, 4.69) is 16.3 Å². The molecule has 2 amide bonds. The molecule has 6 nitrogen and oxygen atoms in total. The minimum absolute atomic E-state index is 0.0498. The van der Waals surface area contributed by atoms with Crippen molar-refractivity contribution in [1.29, 1.82) is 5.26 Å². The van der Waals surface area contributed by atoms with Gasteiger partial charge in [-0.3, -0.25) is 9.59 Å². The van der Waals surface area contributed by atoms with Gasteiger partial charge in [-0.05, 0) is 49.4 Å². The van der Waals surface area contributed by atoms with E-state index in [4.69, 9.17) is 5.26 Å². The Bertz CT molecular complexity index is 843. The van der Waals surface area contributed by atoms with E-state index < -0.39 is 0 Å². The number of rotatable bonds is 5. The summed E-state index contributed by atoms with van der Waals surface area (Å²) in [6, 6.07) is 18.2. The lowest BCUT2D eigenvalue weighted by molar-refractivity contribution is -0.116. The Labute approximate surface area is 165 Å². The van der Waals surface area contributed by atoms with E-state index in [0.29, 0.717) is 30.8 Å². The molecule has 1 N–H and O–H groups in total. The molecule has 0 radical (unpaired) electrons. The van der Waals surface area contributed by atoms with Crippen molar-refractivity contribution >= 4 is 17.5 Å². The van der Waals surface area contributed by atoms with Gasteiger partial charge in [-0.15, -0.1) is 0 Å². The number of nitrogens with one attached hydrogen (secondary N) is 1. The zero-order chi connectivity index (χ0) is 19.8. The molecular weight excluding hydrogens is 352 g/mol. The van der Waals surface area contributed by atoms with Crippen molar-refractivity contribution in [2.24, 2.45) is 0 Å². The number of amides is 2. The highest BCUT2D eigenvalue weighted by Gasteiger charge is 2.20. The van der Waals surface area contributed by atoms with Gasteiger partial charge in [0.15, 0.2) is 0 Å². The lowest BCUT2D eigenvalue weighted by Gasteiger charge is -2.22. The lowest BCUT2D eigenvalue weighted by Crippen LogP contribution is -2.36. The maximum absolute atomic E-state index is 12.6. The topological polar surface area (TPSA) is 76.4 Å². The largest absolute Gasteiger partial charge is 0.337 e. The Balaban J connectivity index is 1.45. The van der Waals surface area contributed by atoms with Gasteiger partial charge in [0.25, 0.3) is 5.91 Å². The van der Waals surface area contributed by atoms with Crippen LogP contribution in [0.5, 0.6) is 0 Å². The van der Waals surface area contributed by atoms with Crippen LogP contribution in [0.3, 0.4) is 0 Å². The number of carbonyl (C=O) groups excluding carboxylic acids is 2. The Hall–Kier alpha value is -3.17. The van der Waals surface area contributed by atoms with E-state index in [1.165, 1.54) is 0 Å². The van der Waals surface area contributed by atoms with Crippen LogP contribution in [0, 0.1) is 11.3 Å².